The van der Waals surface area contributed by atoms with Crippen LogP contribution in [0.4, 0.5) is 0 Å². The molecule has 0 unspecified atom stereocenters. The maximum absolute atomic E-state index is 11.3. The number of carbonyl (C=O) groups is 2. The van der Waals surface area contributed by atoms with Crippen LogP contribution in [-0.2, 0) is 14.5 Å². The van der Waals surface area contributed by atoms with Gasteiger partial charge in [-0.15, -0.1) is 0 Å². The quantitative estimate of drug-likeness (QED) is 0.130. The van der Waals surface area contributed by atoms with Crippen molar-refractivity contribution < 1.29 is 24.8 Å². The van der Waals surface area contributed by atoms with Crippen molar-refractivity contribution in [2.24, 2.45) is 0 Å². The number of aliphatic carboxylic acids is 1. The Hall–Kier alpha value is -2.18. The Morgan fingerprint density at radius 1 is 1.04 bits per heavy atom. The van der Waals surface area contributed by atoms with Gasteiger partial charge in [-0.25, -0.2) is 4.89 Å². The molecule has 0 spiro atoms. The number of hydrogen-bond acceptors (Lipinski definition) is 5. The van der Waals surface area contributed by atoms with Crippen LogP contribution >= 0.6 is 0 Å². The Balaban J connectivity index is 3.80. The number of allylic oxidation sites excluding steroid dienone is 6. The van der Waals surface area contributed by atoms with E-state index < -0.39 is 12.5 Å². The molecule has 6 nitrogen and oxygen atoms in total. The van der Waals surface area contributed by atoms with Gasteiger partial charge in [0.2, 0.25) is 5.91 Å². The Labute approximate surface area is 168 Å². The molecule has 28 heavy (non-hydrogen) atoms. The highest BCUT2D eigenvalue weighted by Crippen LogP contribution is 2.04. The van der Waals surface area contributed by atoms with Gasteiger partial charge in [-0.1, -0.05) is 68.4 Å². The van der Waals surface area contributed by atoms with Gasteiger partial charge in [-0.05, 0) is 38.5 Å². The number of unbranched alkanes of at least 4 members (excludes halogenated alkanes) is 4. The van der Waals surface area contributed by atoms with Crippen molar-refractivity contribution in [3.63, 3.8) is 0 Å². The molecule has 2 N–H and O–H groups in total. The van der Waals surface area contributed by atoms with Crippen LogP contribution in [0.25, 0.3) is 0 Å². The molecule has 0 rings (SSSR count). The first kappa shape index (κ1) is 25.8. The zero-order valence-electron chi connectivity index (χ0n) is 16.8. The van der Waals surface area contributed by atoms with Gasteiger partial charge in [0.25, 0.3) is 0 Å². The molecule has 0 fully saturated rings. The van der Waals surface area contributed by atoms with Gasteiger partial charge in [0, 0.05) is 6.42 Å². The molecular formula is C22H34NO5-. The maximum atomic E-state index is 11.3. The molecule has 0 aromatic rings. The predicted molar refractivity (Wildman–Crippen MR) is 109 cm³/mol. The average molecular weight is 393 g/mol. The molecule has 0 aromatic carbocycles. The van der Waals surface area contributed by atoms with E-state index in [0.29, 0.717) is 19.3 Å². The first-order chi connectivity index (χ1) is 13.6. The van der Waals surface area contributed by atoms with Crippen molar-refractivity contribution in [1.82, 2.24) is 5.32 Å². The van der Waals surface area contributed by atoms with Crippen molar-refractivity contribution in [3.8, 4) is 0 Å². The highest BCUT2D eigenvalue weighted by atomic mass is 17.1. The summed E-state index contributed by atoms with van der Waals surface area (Å²) in [7, 11) is 0. The largest absolute Gasteiger partial charge is 0.548 e. The highest BCUT2D eigenvalue weighted by molar-refractivity contribution is 5.80. The molecule has 0 saturated carbocycles. The molecular weight excluding hydrogens is 358 g/mol. The average Bonchev–Trinajstić information content (AvgIpc) is 2.68. The van der Waals surface area contributed by atoms with E-state index in [2.05, 4.69) is 23.2 Å². The van der Waals surface area contributed by atoms with Gasteiger partial charge in [-0.3, -0.25) is 10.1 Å². The molecule has 0 saturated heterocycles. The summed E-state index contributed by atoms with van der Waals surface area (Å²) >= 11 is 0. The Kier molecular flexibility index (Phi) is 18.1. The normalized spacial score (nSPS) is 13.2. The van der Waals surface area contributed by atoms with E-state index in [1.165, 1.54) is 19.3 Å². The van der Waals surface area contributed by atoms with Crippen LogP contribution in [0.15, 0.2) is 48.6 Å². The molecule has 0 aliphatic heterocycles. The highest BCUT2D eigenvalue weighted by Gasteiger charge is 2.00. The lowest BCUT2D eigenvalue weighted by molar-refractivity contribution is -0.304. The number of nitrogens with one attached hydrogen (secondary N) is 1. The zero-order chi connectivity index (χ0) is 20.9. The van der Waals surface area contributed by atoms with Crippen molar-refractivity contribution in [2.45, 2.75) is 70.8 Å². The zero-order valence-corrected chi connectivity index (χ0v) is 16.8. The first-order valence-electron chi connectivity index (χ1n) is 10.00. The summed E-state index contributed by atoms with van der Waals surface area (Å²) in [4.78, 5) is 25.9. The fourth-order valence-corrected chi connectivity index (χ4v) is 2.29. The summed E-state index contributed by atoms with van der Waals surface area (Å²) in [5.41, 5.74) is 0. The van der Waals surface area contributed by atoms with E-state index in [1.807, 2.05) is 42.5 Å². The molecule has 0 heterocycles. The van der Waals surface area contributed by atoms with Gasteiger partial charge < -0.3 is 15.2 Å². The molecule has 0 aliphatic carbocycles. The van der Waals surface area contributed by atoms with Gasteiger partial charge in [-0.2, -0.15) is 0 Å². The summed E-state index contributed by atoms with van der Waals surface area (Å²) in [6.45, 7) is 1.74. The summed E-state index contributed by atoms with van der Waals surface area (Å²) in [5.74, 6) is -1.57. The van der Waals surface area contributed by atoms with E-state index in [-0.39, 0.29) is 12.0 Å². The lowest BCUT2D eigenvalue weighted by atomic mass is 10.1. The van der Waals surface area contributed by atoms with Gasteiger partial charge in [0.1, 0.15) is 6.10 Å². The first-order valence-corrected chi connectivity index (χ1v) is 10.00. The third-order valence-corrected chi connectivity index (χ3v) is 3.86. The van der Waals surface area contributed by atoms with Crippen LogP contribution in [0.5, 0.6) is 0 Å². The predicted octanol–water partition coefficient (Wildman–Crippen LogP) is 3.47. The van der Waals surface area contributed by atoms with E-state index in [9.17, 15) is 14.7 Å². The van der Waals surface area contributed by atoms with E-state index in [4.69, 9.17) is 5.26 Å². The minimum atomic E-state index is -1.29. The second kappa shape index (κ2) is 19.6. The molecule has 0 radical (unpaired) electrons. The lowest BCUT2D eigenvalue weighted by Gasteiger charge is -2.04. The minimum Gasteiger partial charge on any atom is -0.548 e. The Morgan fingerprint density at radius 2 is 1.79 bits per heavy atom. The monoisotopic (exact) mass is 392 g/mol. The summed E-state index contributed by atoms with van der Waals surface area (Å²) in [5, 5.41) is 21.4. The third-order valence-electron chi connectivity index (χ3n) is 3.86. The minimum absolute atomic E-state index is 0.279. The Bertz CT molecular complexity index is 523. The number of hydrogen-bond donors (Lipinski definition) is 2. The molecule has 0 aromatic heterocycles. The third kappa shape index (κ3) is 18.6. The van der Waals surface area contributed by atoms with Crippen LogP contribution in [0.3, 0.4) is 0 Å². The maximum Gasteiger partial charge on any atom is 0.220 e. The van der Waals surface area contributed by atoms with Crippen molar-refractivity contribution >= 4 is 11.9 Å². The second-order valence-corrected chi connectivity index (χ2v) is 6.41. The molecule has 158 valence electrons. The van der Waals surface area contributed by atoms with Gasteiger partial charge >= 0.3 is 0 Å². The standard InChI is InChI=1S/C22H35NO5/c1-2-3-4-5-10-13-16-20(28-27)17-14-11-8-6-7-9-12-15-18-21(24)23-19-22(25)26/h7-11,13-14,17,20,27H,2-6,12,15-16,18-19H2,1H3,(H,23,24)(H,25,26)/p-1/b9-7-,11-8-,13-10-,17-14+/t20-/m0/s1. The summed E-state index contributed by atoms with van der Waals surface area (Å²) in [6, 6.07) is 0. The number of carbonyl (C=O) groups excluding carboxylic acids is 2. The van der Waals surface area contributed by atoms with Gasteiger partial charge in [0.05, 0.1) is 12.5 Å². The topological polar surface area (TPSA) is 98.7 Å². The molecule has 1 atom stereocenters. The van der Waals surface area contributed by atoms with Gasteiger partial charge in [0.15, 0.2) is 0 Å². The van der Waals surface area contributed by atoms with Crippen molar-refractivity contribution in [1.29, 1.82) is 0 Å². The molecule has 0 aliphatic rings. The molecule has 0 bridgehead atoms. The number of amides is 1. The Morgan fingerprint density at radius 3 is 2.50 bits per heavy atom. The van der Waals surface area contributed by atoms with Crippen LogP contribution < -0.4 is 10.4 Å². The van der Waals surface area contributed by atoms with Crippen molar-refractivity contribution in [3.05, 3.63) is 48.6 Å². The summed E-state index contributed by atoms with van der Waals surface area (Å²) in [6.07, 6.45) is 23.2. The number of carboxylic acids is 1. The van der Waals surface area contributed by atoms with Crippen LogP contribution in [-0.4, -0.2) is 29.8 Å². The fourth-order valence-electron chi connectivity index (χ4n) is 2.29. The van der Waals surface area contributed by atoms with E-state index in [0.717, 1.165) is 19.3 Å². The summed E-state index contributed by atoms with van der Waals surface area (Å²) < 4.78 is 0. The van der Waals surface area contributed by atoms with Crippen LogP contribution in [0.1, 0.15) is 64.7 Å². The number of rotatable bonds is 17. The smallest absolute Gasteiger partial charge is 0.220 e. The fraction of sp³-hybridized carbons (Fsp3) is 0.545. The van der Waals surface area contributed by atoms with E-state index >= 15 is 0 Å². The SMILES string of the molecule is CCCCC/C=C\C[C@@H](/C=C/C=C\C/C=C\CCCC(=O)NCC(=O)[O-])OO. The van der Waals surface area contributed by atoms with Crippen LogP contribution in [0, 0.1) is 0 Å². The lowest BCUT2D eigenvalue weighted by Crippen LogP contribution is -2.37. The number of carboxylic acid groups (broad SMARTS) is 1. The second-order valence-electron chi connectivity index (χ2n) is 6.41. The molecule has 1 amide bonds. The van der Waals surface area contributed by atoms with E-state index in [1.54, 1.807) is 0 Å². The van der Waals surface area contributed by atoms with Crippen LogP contribution in [0.2, 0.25) is 0 Å². The van der Waals surface area contributed by atoms with Crippen molar-refractivity contribution in [2.75, 3.05) is 6.54 Å². The molecule has 6 heteroatoms.